The maximum Gasteiger partial charge on any atom is 0.341 e. The number of anilines is 1. The van der Waals surface area contributed by atoms with E-state index in [9.17, 15) is 9.59 Å². The third-order valence-electron chi connectivity index (χ3n) is 3.47. The van der Waals surface area contributed by atoms with Gasteiger partial charge in [-0.2, -0.15) is 0 Å². The van der Waals surface area contributed by atoms with Gasteiger partial charge in [-0.1, -0.05) is 43.1 Å². The molecular weight excluding hydrogens is 381 g/mol. The highest BCUT2D eigenvalue weighted by molar-refractivity contribution is 7.16. The molecule has 0 radical (unpaired) electrons. The molecule has 0 atom stereocenters. The highest BCUT2D eigenvalue weighted by Gasteiger charge is 2.21. The van der Waals surface area contributed by atoms with Crippen LogP contribution in [0.25, 0.3) is 0 Å². The fourth-order valence-electron chi connectivity index (χ4n) is 2.18. The molecule has 1 aromatic heterocycles. The number of thiophene rings is 1. The first-order valence-corrected chi connectivity index (χ1v) is 9.44. The first kappa shape index (κ1) is 19.8. The molecule has 1 aromatic carbocycles. The van der Waals surface area contributed by atoms with Crippen molar-refractivity contribution in [1.29, 1.82) is 0 Å². The molecule has 1 heterocycles. The Labute approximate surface area is 161 Å². The molecule has 0 unspecified atom stereocenters. The van der Waals surface area contributed by atoms with E-state index < -0.39 is 5.97 Å². The van der Waals surface area contributed by atoms with Gasteiger partial charge in [0.05, 0.1) is 18.6 Å². The van der Waals surface area contributed by atoms with Gasteiger partial charge in [-0.25, -0.2) is 4.79 Å². The number of hydrogen-bond donors (Lipinski definition) is 1. The molecule has 2 aromatic rings. The number of halogens is 2. The second kappa shape index (κ2) is 8.70. The number of amides is 1. The number of hydrogen-bond acceptors (Lipinski definition) is 4. The first-order valence-electron chi connectivity index (χ1n) is 7.87. The largest absolute Gasteiger partial charge is 0.462 e. The third kappa shape index (κ3) is 4.97. The van der Waals surface area contributed by atoms with Crippen molar-refractivity contribution in [3.63, 3.8) is 0 Å². The molecule has 1 N–H and O–H groups in total. The van der Waals surface area contributed by atoms with Gasteiger partial charge in [0.2, 0.25) is 5.91 Å². The average molecular weight is 400 g/mol. The van der Waals surface area contributed by atoms with Gasteiger partial charge < -0.3 is 10.1 Å². The summed E-state index contributed by atoms with van der Waals surface area (Å²) >= 11 is 13.6. The van der Waals surface area contributed by atoms with Gasteiger partial charge in [-0.3, -0.25) is 4.79 Å². The standard InChI is InChI=1S/C18H19Cl2NO3S/c1-4-24-18(23)12-8-15(10(2)3)25-17(12)21-16(22)9-11-13(19)6-5-7-14(11)20/h5-8,10H,4,9H2,1-3H3,(H,21,22). The van der Waals surface area contributed by atoms with Crippen molar-refractivity contribution in [1.82, 2.24) is 0 Å². The quantitative estimate of drug-likeness (QED) is 0.648. The van der Waals surface area contributed by atoms with Crippen molar-refractivity contribution in [2.75, 3.05) is 11.9 Å². The van der Waals surface area contributed by atoms with Crippen LogP contribution in [0.1, 0.15) is 47.5 Å². The van der Waals surface area contributed by atoms with Gasteiger partial charge in [0.1, 0.15) is 5.00 Å². The number of esters is 1. The lowest BCUT2D eigenvalue weighted by Crippen LogP contribution is -2.16. The average Bonchev–Trinajstić information content (AvgIpc) is 2.95. The summed E-state index contributed by atoms with van der Waals surface area (Å²) in [5, 5.41) is 4.14. The van der Waals surface area contributed by atoms with Gasteiger partial charge in [0, 0.05) is 14.9 Å². The summed E-state index contributed by atoms with van der Waals surface area (Å²) in [5.74, 6) is -0.503. The molecule has 0 aliphatic carbocycles. The van der Waals surface area contributed by atoms with Crippen molar-refractivity contribution in [3.05, 3.63) is 50.3 Å². The predicted octanol–water partition coefficient (Wildman–Crippen LogP) is 5.54. The third-order valence-corrected chi connectivity index (χ3v) is 5.53. The number of benzene rings is 1. The maximum absolute atomic E-state index is 12.4. The van der Waals surface area contributed by atoms with Crippen LogP contribution in [0.5, 0.6) is 0 Å². The Hall–Kier alpha value is -1.56. The van der Waals surface area contributed by atoms with E-state index in [-0.39, 0.29) is 24.9 Å². The Bertz CT molecular complexity index is 766. The maximum atomic E-state index is 12.4. The topological polar surface area (TPSA) is 55.4 Å². The molecule has 2 rings (SSSR count). The van der Waals surface area contributed by atoms with Crippen LogP contribution in [0.15, 0.2) is 24.3 Å². The Kier molecular flexibility index (Phi) is 6.87. The van der Waals surface area contributed by atoms with Crippen LogP contribution in [0.3, 0.4) is 0 Å². The van der Waals surface area contributed by atoms with Crippen molar-refractivity contribution in [2.24, 2.45) is 0 Å². The molecule has 0 bridgehead atoms. The van der Waals surface area contributed by atoms with Gasteiger partial charge in [0.15, 0.2) is 0 Å². The lowest BCUT2D eigenvalue weighted by molar-refractivity contribution is -0.115. The van der Waals surface area contributed by atoms with Crippen molar-refractivity contribution < 1.29 is 14.3 Å². The Balaban J connectivity index is 2.23. The fraction of sp³-hybridized carbons (Fsp3) is 0.333. The zero-order valence-electron chi connectivity index (χ0n) is 14.2. The van der Waals surface area contributed by atoms with Gasteiger partial charge in [-0.05, 0) is 36.6 Å². The predicted molar refractivity (Wildman–Crippen MR) is 103 cm³/mol. The Morgan fingerprint density at radius 3 is 2.44 bits per heavy atom. The van der Waals surface area contributed by atoms with Crippen molar-refractivity contribution in [3.8, 4) is 0 Å². The molecule has 1 amide bonds. The number of carbonyl (C=O) groups excluding carboxylic acids is 2. The van der Waals surface area contributed by atoms with Crippen LogP contribution in [0.4, 0.5) is 5.00 Å². The van der Waals surface area contributed by atoms with Gasteiger partial charge in [0.25, 0.3) is 0 Å². The number of carbonyl (C=O) groups is 2. The van der Waals surface area contributed by atoms with Crippen LogP contribution >= 0.6 is 34.5 Å². The minimum atomic E-state index is -0.447. The summed E-state index contributed by atoms with van der Waals surface area (Å²) < 4.78 is 5.07. The minimum absolute atomic E-state index is 0.0235. The SMILES string of the molecule is CCOC(=O)c1cc(C(C)C)sc1NC(=O)Cc1c(Cl)cccc1Cl. The summed E-state index contributed by atoms with van der Waals surface area (Å²) in [6.07, 6.45) is 0.0235. The second-order valence-corrected chi connectivity index (χ2v) is 7.59. The highest BCUT2D eigenvalue weighted by atomic mass is 35.5. The van der Waals surface area contributed by atoms with Gasteiger partial charge >= 0.3 is 5.97 Å². The monoisotopic (exact) mass is 399 g/mol. The number of nitrogens with one attached hydrogen (secondary N) is 1. The van der Waals surface area contributed by atoms with E-state index >= 15 is 0 Å². The van der Waals surface area contributed by atoms with Gasteiger partial charge in [-0.15, -0.1) is 11.3 Å². The molecule has 0 aliphatic heterocycles. The molecule has 7 heteroatoms. The lowest BCUT2D eigenvalue weighted by Gasteiger charge is -2.08. The summed E-state index contributed by atoms with van der Waals surface area (Å²) in [6, 6.07) is 6.86. The van der Waals surface area contributed by atoms with Crippen LogP contribution in [0, 0.1) is 0 Å². The summed E-state index contributed by atoms with van der Waals surface area (Å²) in [6.45, 7) is 6.06. The molecule has 0 aliphatic rings. The molecular formula is C18H19Cl2NO3S. The van der Waals surface area contributed by atoms with Crippen LogP contribution in [0.2, 0.25) is 10.0 Å². The molecule has 0 saturated heterocycles. The normalized spacial score (nSPS) is 10.8. The van der Waals surface area contributed by atoms with E-state index in [0.717, 1.165) is 4.88 Å². The number of rotatable bonds is 6. The second-order valence-electron chi connectivity index (χ2n) is 5.69. The zero-order valence-corrected chi connectivity index (χ0v) is 16.5. The van der Waals surface area contributed by atoms with E-state index in [4.69, 9.17) is 27.9 Å². The molecule has 0 fully saturated rings. The molecule has 4 nitrogen and oxygen atoms in total. The molecule has 134 valence electrons. The van der Waals surface area contributed by atoms with Crippen LogP contribution in [-0.4, -0.2) is 18.5 Å². The summed E-state index contributed by atoms with van der Waals surface area (Å²) in [5.41, 5.74) is 0.927. The minimum Gasteiger partial charge on any atom is -0.462 e. The molecule has 0 saturated carbocycles. The lowest BCUT2D eigenvalue weighted by atomic mass is 10.1. The molecule has 25 heavy (non-hydrogen) atoms. The Morgan fingerprint density at radius 2 is 1.88 bits per heavy atom. The van der Waals surface area contributed by atoms with Crippen molar-refractivity contribution >= 4 is 51.4 Å². The van der Waals surface area contributed by atoms with Crippen LogP contribution in [-0.2, 0) is 16.0 Å². The Morgan fingerprint density at radius 1 is 1.24 bits per heavy atom. The smallest absolute Gasteiger partial charge is 0.341 e. The first-order chi connectivity index (χ1) is 11.8. The van der Waals surface area contributed by atoms with Crippen molar-refractivity contribution in [2.45, 2.75) is 33.1 Å². The number of ether oxygens (including phenoxy) is 1. The van der Waals surface area contributed by atoms with E-state index in [1.807, 2.05) is 13.8 Å². The fourth-order valence-corrected chi connectivity index (χ4v) is 3.78. The van der Waals surface area contributed by atoms with E-state index in [2.05, 4.69) is 5.32 Å². The molecule has 0 spiro atoms. The van der Waals surface area contributed by atoms with E-state index in [1.54, 1.807) is 31.2 Å². The van der Waals surface area contributed by atoms with E-state index in [0.29, 0.717) is 26.2 Å². The van der Waals surface area contributed by atoms with Crippen LogP contribution < -0.4 is 5.32 Å². The zero-order chi connectivity index (χ0) is 18.6. The summed E-state index contributed by atoms with van der Waals surface area (Å²) in [4.78, 5) is 25.6. The highest BCUT2D eigenvalue weighted by Crippen LogP contribution is 2.34. The summed E-state index contributed by atoms with van der Waals surface area (Å²) in [7, 11) is 0. The van der Waals surface area contributed by atoms with E-state index in [1.165, 1.54) is 11.3 Å².